The van der Waals surface area contributed by atoms with Crippen LogP contribution in [0.4, 0.5) is 4.39 Å². The minimum Gasteiger partial charge on any atom is -0.367 e. The number of nitrogens with zero attached hydrogens (tertiary/aromatic N) is 1. The van der Waals surface area contributed by atoms with Gasteiger partial charge in [0.05, 0.1) is 0 Å². The summed E-state index contributed by atoms with van der Waals surface area (Å²) in [6.07, 6.45) is 2.48. The molecule has 5 nitrogen and oxygen atoms in total. The van der Waals surface area contributed by atoms with Gasteiger partial charge in [0.15, 0.2) is 6.10 Å². The van der Waals surface area contributed by atoms with E-state index in [1.807, 2.05) is 35.2 Å². The number of nitrogens with one attached hydrogen (secondary N) is 1. The second-order valence-corrected chi connectivity index (χ2v) is 7.74. The molecule has 1 N–H and O–H groups in total. The van der Waals surface area contributed by atoms with Crippen LogP contribution in [0.15, 0.2) is 54.6 Å². The SMILES string of the molecule is COC(C(=O)N1CCC(CCC(=O)NCc2ccc(F)cc2)CC1)c1ccccc1. The lowest BCUT2D eigenvalue weighted by molar-refractivity contribution is -0.144. The van der Waals surface area contributed by atoms with E-state index in [9.17, 15) is 14.0 Å². The third-order valence-electron chi connectivity index (χ3n) is 5.67. The number of rotatable bonds is 8. The van der Waals surface area contributed by atoms with Crippen LogP contribution in [0.2, 0.25) is 0 Å². The first-order valence-electron chi connectivity index (χ1n) is 10.4. The number of methoxy groups -OCH3 is 1. The molecule has 1 aliphatic rings. The number of hydrogen-bond donors (Lipinski definition) is 1. The molecule has 1 aliphatic heterocycles. The molecule has 1 saturated heterocycles. The molecular weight excluding hydrogens is 383 g/mol. The first-order valence-corrected chi connectivity index (χ1v) is 10.4. The molecule has 0 aromatic heterocycles. The molecule has 2 aromatic carbocycles. The molecule has 160 valence electrons. The van der Waals surface area contributed by atoms with Crippen LogP contribution in [0.1, 0.15) is 42.9 Å². The zero-order valence-corrected chi connectivity index (χ0v) is 17.4. The summed E-state index contributed by atoms with van der Waals surface area (Å²) < 4.78 is 18.4. The summed E-state index contributed by atoms with van der Waals surface area (Å²) in [5, 5.41) is 2.88. The first-order chi connectivity index (χ1) is 14.6. The molecule has 1 heterocycles. The maximum atomic E-state index is 12.9. The number of carbonyl (C=O) groups excluding carboxylic acids is 2. The molecule has 0 saturated carbocycles. The van der Waals surface area contributed by atoms with Crippen LogP contribution in [0.25, 0.3) is 0 Å². The highest BCUT2D eigenvalue weighted by Gasteiger charge is 2.29. The van der Waals surface area contributed by atoms with Crippen molar-refractivity contribution in [3.05, 3.63) is 71.5 Å². The van der Waals surface area contributed by atoms with Crippen molar-refractivity contribution < 1.29 is 18.7 Å². The van der Waals surface area contributed by atoms with Gasteiger partial charge in [-0.25, -0.2) is 4.39 Å². The normalized spacial score (nSPS) is 15.6. The van der Waals surface area contributed by atoms with Gasteiger partial charge in [-0.15, -0.1) is 0 Å². The average molecular weight is 413 g/mol. The minimum atomic E-state index is -0.569. The van der Waals surface area contributed by atoms with Crippen LogP contribution < -0.4 is 5.32 Å². The summed E-state index contributed by atoms with van der Waals surface area (Å²) in [6, 6.07) is 15.7. The predicted octanol–water partition coefficient (Wildman–Crippen LogP) is 3.85. The summed E-state index contributed by atoms with van der Waals surface area (Å²) >= 11 is 0. The van der Waals surface area contributed by atoms with E-state index in [1.165, 1.54) is 12.1 Å². The van der Waals surface area contributed by atoms with Crippen molar-refractivity contribution in [1.29, 1.82) is 0 Å². The van der Waals surface area contributed by atoms with E-state index in [4.69, 9.17) is 4.74 Å². The van der Waals surface area contributed by atoms with Crippen molar-refractivity contribution in [3.8, 4) is 0 Å². The fourth-order valence-electron chi connectivity index (χ4n) is 3.84. The van der Waals surface area contributed by atoms with Gasteiger partial charge >= 0.3 is 0 Å². The molecule has 0 aliphatic carbocycles. The number of likely N-dealkylation sites (tertiary alicyclic amines) is 1. The lowest BCUT2D eigenvalue weighted by atomic mass is 9.91. The van der Waals surface area contributed by atoms with E-state index in [0.717, 1.165) is 30.4 Å². The van der Waals surface area contributed by atoms with E-state index in [1.54, 1.807) is 19.2 Å². The molecule has 3 rings (SSSR count). The number of ether oxygens (including phenoxy) is 1. The van der Waals surface area contributed by atoms with E-state index in [2.05, 4.69) is 5.32 Å². The van der Waals surface area contributed by atoms with Crippen molar-refractivity contribution in [3.63, 3.8) is 0 Å². The Morgan fingerprint density at radius 1 is 1.10 bits per heavy atom. The predicted molar refractivity (Wildman–Crippen MR) is 113 cm³/mol. The first kappa shape index (κ1) is 22.0. The molecule has 1 fully saturated rings. The van der Waals surface area contributed by atoms with Crippen molar-refractivity contribution >= 4 is 11.8 Å². The van der Waals surface area contributed by atoms with Crippen molar-refractivity contribution in [1.82, 2.24) is 10.2 Å². The Balaban J connectivity index is 1.39. The summed E-state index contributed by atoms with van der Waals surface area (Å²) in [4.78, 5) is 26.8. The maximum absolute atomic E-state index is 12.9. The van der Waals surface area contributed by atoms with Gasteiger partial charge in [-0.1, -0.05) is 42.5 Å². The quantitative estimate of drug-likeness (QED) is 0.717. The molecule has 0 spiro atoms. The van der Waals surface area contributed by atoms with Gasteiger partial charge in [0, 0.05) is 33.2 Å². The lowest BCUT2D eigenvalue weighted by Crippen LogP contribution is -2.41. The fraction of sp³-hybridized carbons (Fsp3) is 0.417. The number of amides is 2. The highest BCUT2D eigenvalue weighted by molar-refractivity contribution is 5.82. The zero-order chi connectivity index (χ0) is 21.3. The third-order valence-corrected chi connectivity index (χ3v) is 5.67. The Bertz CT molecular complexity index is 818. The molecular formula is C24H29FN2O3. The molecule has 30 heavy (non-hydrogen) atoms. The minimum absolute atomic E-state index is 0.000749. The van der Waals surface area contributed by atoms with Gasteiger partial charge in [-0.2, -0.15) is 0 Å². The van der Waals surface area contributed by atoms with Crippen molar-refractivity contribution in [2.24, 2.45) is 5.92 Å². The number of halogens is 1. The molecule has 1 atom stereocenters. The Kier molecular flexibility index (Phi) is 7.97. The molecule has 2 amide bonds. The molecule has 2 aromatic rings. The van der Waals surface area contributed by atoms with Gasteiger partial charge in [0.2, 0.25) is 5.91 Å². The Morgan fingerprint density at radius 2 is 1.77 bits per heavy atom. The third kappa shape index (κ3) is 6.13. The topological polar surface area (TPSA) is 58.6 Å². The molecule has 0 bridgehead atoms. The van der Waals surface area contributed by atoms with Crippen molar-refractivity contribution in [2.75, 3.05) is 20.2 Å². The van der Waals surface area contributed by atoms with Crippen LogP contribution >= 0.6 is 0 Å². The number of carbonyl (C=O) groups is 2. The van der Waals surface area contributed by atoms with Gasteiger partial charge in [0.1, 0.15) is 5.82 Å². The monoisotopic (exact) mass is 412 g/mol. The van der Waals surface area contributed by atoms with Gasteiger partial charge in [-0.05, 0) is 48.4 Å². The molecule has 6 heteroatoms. The van der Waals surface area contributed by atoms with Crippen LogP contribution in [-0.2, 0) is 20.9 Å². The summed E-state index contributed by atoms with van der Waals surface area (Å²) in [6.45, 7) is 1.78. The standard InChI is InChI=1S/C24H29FN2O3/c1-30-23(20-5-3-2-4-6-20)24(29)27-15-13-18(14-16-27)9-12-22(28)26-17-19-7-10-21(25)11-8-19/h2-8,10-11,18,23H,9,12-17H2,1H3,(H,26,28). The second-order valence-electron chi connectivity index (χ2n) is 7.74. The van der Waals surface area contributed by atoms with E-state index in [0.29, 0.717) is 32.0 Å². The van der Waals surface area contributed by atoms with Crippen LogP contribution in [0, 0.1) is 11.7 Å². The zero-order valence-electron chi connectivity index (χ0n) is 17.4. The second kappa shape index (κ2) is 10.9. The number of hydrogen-bond acceptors (Lipinski definition) is 3. The molecule has 0 radical (unpaired) electrons. The Morgan fingerprint density at radius 3 is 2.40 bits per heavy atom. The van der Waals surface area contributed by atoms with E-state index >= 15 is 0 Å². The fourth-order valence-corrected chi connectivity index (χ4v) is 3.84. The summed E-state index contributed by atoms with van der Waals surface area (Å²) in [7, 11) is 1.56. The summed E-state index contributed by atoms with van der Waals surface area (Å²) in [5.41, 5.74) is 1.74. The lowest BCUT2D eigenvalue weighted by Gasteiger charge is -2.34. The van der Waals surface area contributed by atoms with Gasteiger partial charge in [-0.3, -0.25) is 9.59 Å². The Hall–Kier alpha value is -2.73. The number of benzene rings is 2. The van der Waals surface area contributed by atoms with E-state index < -0.39 is 6.10 Å². The number of piperidine rings is 1. The Labute approximate surface area is 177 Å². The average Bonchev–Trinajstić information content (AvgIpc) is 2.79. The van der Waals surface area contributed by atoms with E-state index in [-0.39, 0.29) is 17.6 Å². The highest BCUT2D eigenvalue weighted by Crippen LogP contribution is 2.26. The van der Waals surface area contributed by atoms with Crippen LogP contribution in [0.5, 0.6) is 0 Å². The van der Waals surface area contributed by atoms with Crippen molar-refractivity contribution in [2.45, 2.75) is 38.3 Å². The van der Waals surface area contributed by atoms with Crippen LogP contribution in [-0.4, -0.2) is 36.9 Å². The van der Waals surface area contributed by atoms with Gasteiger partial charge < -0.3 is 15.0 Å². The largest absolute Gasteiger partial charge is 0.367 e. The smallest absolute Gasteiger partial charge is 0.256 e. The summed E-state index contributed by atoms with van der Waals surface area (Å²) in [5.74, 6) is 0.152. The highest BCUT2D eigenvalue weighted by atomic mass is 19.1. The van der Waals surface area contributed by atoms with Gasteiger partial charge in [0.25, 0.3) is 5.91 Å². The van der Waals surface area contributed by atoms with Crippen LogP contribution in [0.3, 0.4) is 0 Å². The maximum Gasteiger partial charge on any atom is 0.256 e. The molecule has 1 unspecified atom stereocenters.